The third-order valence-corrected chi connectivity index (χ3v) is 5.55. The Balaban J connectivity index is 1.51. The highest BCUT2D eigenvalue weighted by Crippen LogP contribution is 2.21. The number of amides is 1. The number of halogens is 1. The molecule has 6 heteroatoms. The van der Waals surface area contributed by atoms with Crippen LogP contribution in [0, 0.1) is 19.7 Å². The molecule has 3 aromatic rings. The van der Waals surface area contributed by atoms with Crippen molar-refractivity contribution in [1.29, 1.82) is 0 Å². The number of hydrogen-bond donors (Lipinski definition) is 0. The molecule has 1 aromatic heterocycles. The van der Waals surface area contributed by atoms with Crippen molar-refractivity contribution in [3.8, 4) is 0 Å². The Kier molecular flexibility index (Phi) is 5.09. The van der Waals surface area contributed by atoms with Gasteiger partial charge in [-0.25, -0.2) is 4.39 Å². The molecule has 1 fully saturated rings. The first kappa shape index (κ1) is 19.2. The number of aromatic nitrogens is 1. The molecule has 5 nitrogen and oxygen atoms in total. The zero-order valence-corrected chi connectivity index (χ0v) is 16.7. The van der Waals surface area contributed by atoms with Gasteiger partial charge in [0.25, 0.3) is 0 Å². The molecule has 1 aliphatic heterocycles. The van der Waals surface area contributed by atoms with E-state index in [1.807, 2.05) is 46.4 Å². The first-order valence-corrected chi connectivity index (χ1v) is 9.82. The number of rotatable bonds is 3. The summed E-state index contributed by atoms with van der Waals surface area (Å²) in [6.45, 7) is 6.36. The number of aryl methyl sites for hydroxylation is 2. The number of carbonyl (C=O) groups excluding carboxylic acids is 1. The van der Waals surface area contributed by atoms with Gasteiger partial charge in [0.05, 0.1) is 11.2 Å². The van der Waals surface area contributed by atoms with Crippen LogP contribution < -0.4 is 10.3 Å². The van der Waals surface area contributed by atoms with Crippen LogP contribution in [0.25, 0.3) is 10.9 Å². The molecule has 0 bridgehead atoms. The van der Waals surface area contributed by atoms with Crippen LogP contribution in [0.4, 0.5) is 10.1 Å². The van der Waals surface area contributed by atoms with E-state index < -0.39 is 0 Å². The molecule has 0 atom stereocenters. The fourth-order valence-corrected chi connectivity index (χ4v) is 4.10. The summed E-state index contributed by atoms with van der Waals surface area (Å²) in [5, 5.41) is 0.662. The number of hydrogen-bond acceptors (Lipinski definition) is 3. The molecule has 150 valence electrons. The third kappa shape index (κ3) is 3.75. The molecule has 29 heavy (non-hydrogen) atoms. The van der Waals surface area contributed by atoms with Gasteiger partial charge >= 0.3 is 0 Å². The van der Waals surface area contributed by atoms with Crippen molar-refractivity contribution >= 4 is 22.5 Å². The molecule has 0 saturated carbocycles. The smallest absolute Gasteiger partial charge is 0.242 e. The summed E-state index contributed by atoms with van der Waals surface area (Å²) in [6.07, 6.45) is 1.69. The number of para-hydroxylation sites is 1. The minimum Gasteiger partial charge on any atom is -0.366 e. The van der Waals surface area contributed by atoms with Crippen LogP contribution in [0.5, 0.6) is 0 Å². The standard InChI is InChI=1S/C23H24FN3O2/c1-16-13-17(2)23-20(14-16)27(8-7-21(23)28)15-22(29)26-11-9-25(10-12-26)19-6-4-3-5-18(19)24/h3-8,13-14H,9-12,15H2,1-2H3. The van der Waals surface area contributed by atoms with Crippen LogP contribution in [-0.4, -0.2) is 41.6 Å². The van der Waals surface area contributed by atoms with E-state index >= 15 is 0 Å². The molecule has 0 spiro atoms. The van der Waals surface area contributed by atoms with Gasteiger partial charge in [-0.15, -0.1) is 0 Å². The van der Waals surface area contributed by atoms with E-state index in [-0.39, 0.29) is 23.7 Å². The summed E-state index contributed by atoms with van der Waals surface area (Å²) in [4.78, 5) is 29.0. The highest BCUT2D eigenvalue weighted by molar-refractivity contribution is 5.85. The van der Waals surface area contributed by atoms with Crippen molar-refractivity contribution in [2.75, 3.05) is 31.1 Å². The number of nitrogens with zero attached hydrogens (tertiary/aromatic N) is 3. The first-order valence-electron chi connectivity index (χ1n) is 9.82. The molecule has 1 amide bonds. The van der Waals surface area contributed by atoms with Gasteiger partial charge in [-0.3, -0.25) is 9.59 Å². The fourth-order valence-electron chi connectivity index (χ4n) is 4.10. The van der Waals surface area contributed by atoms with Crippen LogP contribution >= 0.6 is 0 Å². The third-order valence-electron chi connectivity index (χ3n) is 5.55. The van der Waals surface area contributed by atoms with Crippen LogP contribution in [0.2, 0.25) is 0 Å². The van der Waals surface area contributed by atoms with Gasteiger partial charge in [0.1, 0.15) is 12.4 Å². The van der Waals surface area contributed by atoms with Gasteiger partial charge in [0.2, 0.25) is 5.91 Å². The van der Waals surface area contributed by atoms with E-state index in [9.17, 15) is 14.0 Å². The number of fused-ring (bicyclic) bond motifs is 1. The Morgan fingerprint density at radius 3 is 2.48 bits per heavy atom. The summed E-state index contributed by atoms with van der Waals surface area (Å²) in [5.41, 5.74) is 3.32. The van der Waals surface area contributed by atoms with Gasteiger partial charge < -0.3 is 14.4 Å². The van der Waals surface area contributed by atoms with Crippen molar-refractivity contribution in [1.82, 2.24) is 9.47 Å². The maximum absolute atomic E-state index is 14.0. The van der Waals surface area contributed by atoms with E-state index in [0.29, 0.717) is 37.3 Å². The Morgan fingerprint density at radius 1 is 1.03 bits per heavy atom. The van der Waals surface area contributed by atoms with Crippen LogP contribution in [0.3, 0.4) is 0 Å². The molecule has 1 aliphatic rings. The minimum atomic E-state index is -0.238. The number of carbonyl (C=O) groups is 1. The Bertz CT molecular complexity index is 1130. The maximum atomic E-state index is 14.0. The van der Waals surface area contributed by atoms with Crippen LogP contribution in [0.1, 0.15) is 11.1 Å². The molecule has 4 rings (SSSR count). The topological polar surface area (TPSA) is 45.6 Å². The summed E-state index contributed by atoms with van der Waals surface area (Å²) < 4.78 is 15.9. The zero-order chi connectivity index (χ0) is 20.5. The van der Waals surface area contributed by atoms with Crippen LogP contribution in [-0.2, 0) is 11.3 Å². The molecule has 1 saturated heterocycles. The van der Waals surface area contributed by atoms with Gasteiger partial charge in [-0.1, -0.05) is 18.2 Å². The van der Waals surface area contributed by atoms with Crippen molar-refractivity contribution in [2.24, 2.45) is 0 Å². The lowest BCUT2D eigenvalue weighted by atomic mass is 10.1. The number of benzene rings is 2. The largest absolute Gasteiger partial charge is 0.366 e. The Morgan fingerprint density at radius 2 is 1.76 bits per heavy atom. The van der Waals surface area contributed by atoms with E-state index in [1.54, 1.807) is 18.3 Å². The number of anilines is 1. The predicted molar refractivity (Wildman–Crippen MR) is 113 cm³/mol. The lowest BCUT2D eigenvalue weighted by Crippen LogP contribution is -2.49. The molecule has 0 unspecified atom stereocenters. The number of piperazine rings is 1. The van der Waals surface area contributed by atoms with Crippen LogP contribution in [0.15, 0.2) is 53.5 Å². The fraction of sp³-hybridized carbons (Fsp3) is 0.304. The Hall–Kier alpha value is -3.15. The zero-order valence-electron chi connectivity index (χ0n) is 16.7. The van der Waals surface area contributed by atoms with Crippen molar-refractivity contribution in [3.63, 3.8) is 0 Å². The van der Waals surface area contributed by atoms with Gasteiger partial charge in [-0.05, 0) is 43.2 Å². The van der Waals surface area contributed by atoms with E-state index in [1.165, 1.54) is 12.1 Å². The summed E-state index contributed by atoms with van der Waals surface area (Å²) in [7, 11) is 0. The highest BCUT2D eigenvalue weighted by Gasteiger charge is 2.23. The summed E-state index contributed by atoms with van der Waals surface area (Å²) in [6, 6.07) is 12.2. The molecule has 0 N–H and O–H groups in total. The molecule has 0 aliphatic carbocycles. The minimum absolute atomic E-state index is 0.00212. The van der Waals surface area contributed by atoms with Gasteiger partial charge in [0, 0.05) is 43.8 Å². The quantitative estimate of drug-likeness (QED) is 0.687. The number of pyridine rings is 1. The average Bonchev–Trinajstić information content (AvgIpc) is 2.70. The second-order valence-corrected chi connectivity index (χ2v) is 7.60. The van der Waals surface area contributed by atoms with Crippen molar-refractivity contribution in [2.45, 2.75) is 20.4 Å². The van der Waals surface area contributed by atoms with Gasteiger partial charge in [-0.2, -0.15) is 0 Å². The molecule has 0 radical (unpaired) electrons. The predicted octanol–water partition coefficient (Wildman–Crippen LogP) is 3.11. The highest BCUT2D eigenvalue weighted by atomic mass is 19.1. The van der Waals surface area contributed by atoms with E-state index in [0.717, 1.165) is 16.6 Å². The summed E-state index contributed by atoms with van der Waals surface area (Å²) >= 11 is 0. The molecular weight excluding hydrogens is 369 g/mol. The molecular formula is C23H24FN3O2. The molecule has 2 heterocycles. The SMILES string of the molecule is Cc1cc(C)c2c(=O)ccn(CC(=O)N3CCN(c4ccccc4F)CC3)c2c1. The van der Waals surface area contributed by atoms with E-state index in [2.05, 4.69) is 0 Å². The Labute approximate surface area is 169 Å². The lowest BCUT2D eigenvalue weighted by molar-refractivity contribution is -0.132. The maximum Gasteiger partial charge on any atom is 0.242 e. The van der Waals surface area contributed by atoms with Crippen molar-refractivity contribution < 1.29 is 9.18 Å². The van der Waals surface area contributed by atoms with E-state index in [4.69, 9.17) is 0 Å². The first-order chi connectivity index (χ1) is 13.9. The normalized spacial score (nSPS) is 14.4. The monoisotopic (exact) mass is 393 g/mol. The average molecular weight is 393 g/mol. The lowest BCUT2D eigenvalue weighted by Gasteiger charge is -2.36. The second-order valence-electron chi connectivity index (χ2n) is 7.60. The summed E-state index contributed by atoms with van der Waals surface area (Å²) in [5.74, 6) is -0.236. The van der Waals surface area contributed by atoms with Crippen molar-refractivity contribution in [3.05, 3.63) is 75.8 Å². The second kappa shape index (κ2) is 7.70. The molecule has 2 aromatic carbocycles. The van der Waals surface area contributed by atoms with Gasteiger partial charge in [0.15, 0.2) is 5.43 Å².